The molecule has 9 N–H and O–H groups in total. The molecule has 0 radical (unpaired) electrons. The van der Waals surface area contributed by atoms with Crippen LogP contribution in [0.5, 0.6) is 0 Å². The van der Waals surface area contributed by atoms with Crippen LogP contribution in [0.1, 0.15) is 73.6 Å². The summed E-state index contributed by atoms with van der Waals surface area (Å²) in [6, 6.07) is -4.79. The van der Waals surface area contributed by atoms with E-state index in [2.05, 4.69) is 21.3 Å². The predicted octanol–water partition coefficient (Wildman–Crippen LogP) is -0.401. The average molecular weight is 515 g/mol. The number of hydrogen-bond acceptors (Lipinski definition) is 7. The van der Waals surface area contributed by atoms with Crippen molar-refractivity contribution in [1.82, 2.24) is 21.3 Å². The zero-order chi connectivity index (χ0) is 28.0. The third-order valence-corrected chi connectivity index (χ3v) is 5.41. The van der Waals surface area contributed by atoms with E-state index in [-0.39, 0.29) is 24.7 Å². The summed E-state index contributed by atoms with van der Waals surface area (Å²) in [4.78, 5) is 62.1. The maximum absolute atomic E-state index is 12.9. The Labute approximate surface area is 214 Å². The Bertz CT molecular complexity index is 743. The number of rotatable bonds is 17. The van der Waals surface area contributed by atoms with Crippen molar-refractivity contribution < 1.29 is 29.1 Å². The van der Waals surface area contributed by atoms with Gasteiger partial charge in [0.2, 0.25) is 23.6 Å². The Morgan fingerprint density at radius 1 is 0.667 bits per heavy atom. The minimum absolute atomic E-state index is 0.0356. The molecule has 0 aromatic carbocycles. The first-order chi connectivity index (χ1) is 16.7. The number of nitrogens with one attached hydrogen (secondary N) is 4. The number of carbonyl (C=O) groups excluding carboxylic acids is 4. The Balaban J connectivity index is 5.38. The molecule has 36 heavy (non-hydrogen) atoms. The second-order valence-electron chi connectivity index (χ2n) is 10.1. The molecule has 12 nitrogen and oxygen atoms in total. The van der Waals surface area contributed by atoms with Gasteiger partial charge in [-0.3, -0.25) is 19.2 Å². The first kappa shape index (κ1) is 33.3. The fraction of sp³-hybridized carbons (Fsp3) is 0.792. The van der Waals surface area contributed by atoms with Crippen molar-refractivity contribution in [1.29, 1.82) is 0 Å². The van der Waals surface area contributed by atoms with Crippen LogP contribution >= 0.6 is 0 Å². The Kier molecular flexibility index (Phi) is 15.6. The van der Waals surface area contributed by atoms with Crippen molar-refractivity contribution in [3.63, 3.8) is 0 Å². The number of carbonyl (C=O) groups is 5. The normalized spacial score (nSPS) is 15.4. The monoisotopic (exact) mass is 514 g/mol. The van der Waals surface area contributed by atoms with Crippen LogP contribution < -0.4 is 32.7 Å². The van der Waals surface area contributed by atoms with Crippen molar-refractivity contribution in [3.8, 4) is 0 Å². The van der Waals surface area contributed by atoms with Gasteiger partial charge >= 0.3 is 5.97 Å². The largest absolute Gasteiger partial charge is 0.480 e. The second kappa shape index (κ2) is 16.9. The zero-order valence-electron chi connectivity index (χ0n) is 22.4. The van der Waals surface area contributed by atoms with Gasteiger partial charge in [-0.15, -0.1) is 0 Å². The number of carboxylic acids is 1. The summed E-state index contributed by atoms with van der Waals surface area (Å²) in [5.74, 6) is -3.31. The SMILES string of the molecule is CC(C)C[C@H](NC(=O)[C@H](CCCCN)NC(=O)[C@H](C)NC(=O)[C@H](CC(C)C)NC(=O)[C@H](C)N)C(=O)O. The van der Waals surface area contributed by atoms with Gasteiger partial charge in [0, 0.05) is 0 Å². The summed E-state index contributed by atoms with van der Waals surface area (Å²) in [7, 11) is 0. The molecule has 0 unspecified atom stereocenters. The molecule has 0 aromatic rings. The van der Waals surface area contributed by atoms with E-state index < -0.39 is 59.8 Å². The molecule has 0 aliphatic carbocycles. The van der Waals surface area contributed by atoms with Crippen LogP contribution in [0.2, 0.25) is 0 Å². The molecule has 0 saturated carbocycles. The van der Waals surface area contributed by atoms with Gasteiger partial charge in [0.15, 0.2) is 0 Å². The summed E-state index contributed by atoms with van der Waals surface area (Å²) in [6.45, 7) is 10.8. The molecular formula is C24H46N6O6. The van der Waals surface area contributed by atoms with Crippen molar-refractivity contribution in [3.05, 3.63) is 0 Å². The number of carboxylic acid groups (broad SMARTS) is 1. The van der Waals surface area contributed by atoms with Crippen LogP contribution in [0.15, 0.2) is 0 Å². The fourth-order valence-corrected chi connectivity index (χ4v) is 3.41. The van der Waals surface area contributed by atoms with Gasteiger partial charge in [-0.25, -0.2) is 4.79 Å². The first-order valence-electron chi connectivity index (χ1n) is 12.6. The summed E-state index contributed by atoms with van der Waals surface area (Å²) < 4.78 is 0. The van der Waals surface area contributed by atoms with Gasteiger partial charge in [0.25, 0.3) is 0 Å². The fourth-order valence-electron chi connectivity index (χ4n) is 3.41. The van der Waals surface area contributed by atoms with Crippen molar-refractivity contribution >= 4 is 29.6 Å². The lowest BCUT2D eigenvalue weighted by molar-refractivity contribution is -0.142. The second-order valence-corrected chi connectivity index (χ2v) is 10.1. The van der Waals surface area contributed by atoms with E-state index in [0.717, 1.165) is 0 Å². The van der Waals surface area contributed by atoms with Gasteiger partial charge in [0.05, 0.1) is 6.04 Å². The molecule has 0 heterocycles. The van der Waals surface area contributed by atoms with Crippen molar-refractivity contribution in [2.24, 2.45) is 23.3 Å². The number of hydrogen-bond donors (Lipinski definition) is 7. The lowest BCUT2D eigenvalue weighted by atomic mass is 10.0. The third kappa shape index (κ3) is 13.4. The molecule has 4 amide bonds. The van der Waals surface area contributed by atoms with Gasteiger partial charge in [0.1, 0.15) is 24.2 Å². The Morgan fingerprint density at radius 3 is 1.61 bits per heavy atom. The van der Waals surface area contributed by atoms with Crippen molar-refractivity contribution in [2.45, 2.75) is 104 Å². The molecule has 0 saturated heterocycles. The minimum Gasteiger partial charge on any atom is -0.480 e. The topological polar surface area (TPSA) is 206 Å². The summed E-state index contributed by atoms with van der Waals surface area (Å²) in [5, 5.41) is 19.7. The van der Waals surface area contributed by atoms with Gasteiger partial charge in [-0.05, 0) is 64.3 Å². The zero-order valence-corrected chi connectivity index (χ0v) is 22.4. The molecular weight excluding hydrogens is 468 g/mol. The Morgan fingerprint density at radius 2 is 1.14 bits per heavy atom. The number of amides is 4. The average Bonchev–Trinajstić information content (AvgIpc) is 2.76. The molecule has 208 valence electrons. The molecule has 0 rings (SSSR count). The van der Waals surface area contributed by atoms with E-state index in [1.54, 1.807) is 0 Å². The van der Waals surface area contributed by atoms with Crippen LogP contribution in [-0.2, 0) is 24.0 Å². The lowest BCUT2D eigenvalue weighted by Gasteiger charge is -2.25. The quantitative estimate of drug-likeness (QED) is 0.127. The van der Waals surface area contributed by atoms with Gasteiger partial charge in [-0.2, -0.15) is 0 Å². The highest BCUT2D eigenvalue weighted by Gasteiger charge is 2.30. The maximum Gasteiger partial charge on any atom is 0.326 e. The van der Waals surface area contributed by atoms with Crippen molar-refractivity contribution in [2.75, 3.05) is 6.54 Å². The summed E-state index contributed by atoms with van der Waals surface area (Å²) >= 11 is 0. The number of nitrogens with two attached hydrogens (primary N) is 2. The number of aliphatic carboxylic acids is 1. The van der Waals surface area contributed by atoms with E-state index in [1.165, 1.54) is 13.8 Å². The number of unbranched alkanes of at least 4 members (excludes halogenated alkanes) is 1. The van der Waals surface area contributed by atoms with Crippen LogP contribution in [0.25, 0.3) is 0 Å². The molecule has 0 bridgehead atoms. The predicted molar refractivity (Wildman–Crippen MR) is 136 cm³/mol. The van der Waals surface area contributed by atoms with E-state index in [4.69, 9.17) is 11.5 Å². The molecule has 0 fully saturated rings. The molecule has 5 atom stereocenters. The van der Waals surface area contributed by atoms with Crippen LogP contribution in [0, 0.1) is 11.8 Å². The highest BCUT2D eigenvalue weighted by Crippen LogP contribution is 2.09. The van der Waals surface area contributed by atoms with Crippen LogP contribution in [0.3, 0.4) is 0 Å². The van der Waals surface area contributed by atoms with E-state index >= 15 is 0 Å². The lowest BCUT2D eigenvalue weighted by Crippen LogP contribution is -2.57. The smallest absolute Gasteiger partial charge is 0.326 e. The van der Waals surface area contributed by atoms with E-state index in [1.807, 2.05) is 27.7 Å². The minimum atomic E-state index is -1.16. The first-order valence-corrected chi connectivity index (χ1v) is 12.6. The van der Waals surface area contributed by atoms with E-state index in [9.17, 15) is 29.1 Å². The van der Waals surface area contributed by atoms with Gasteiger partial charge in [-0.1, -0.05) is 27.7 Å². The Hall–Kier alpha value is -2.73. The highest BCUT2D eigenvalue weighted by atomic mass is 16.4. The summed E-state index contributed by atoms with van der Waals surface area (Å²) in [5.41, 5.74) is 11.1. The van der Waals surface area contributed by atoms with E-state index in [0.29, 0.717) is 25.8 Å². The molecule has 0 aliphatic heterocycles. The maximum atomic E-state index is 12.9. The molecule has 0 spiro atoms. The third-order valence-electron chi connectivity index (χ3n) is 5.41. The molecule has 0 aliphatic rings. The molecule has 0 aromatic heterocycles. The van der Waals surface area contributed by atoms with Gasteiger partial charge < -0.3 is 37.8 Å². The van der Waals surface area contributed by atoms with Crippen LogP contribution in [0.4, 0.5) is 0 Å². The highest BCUT2D eigenvalue weighted by molar-refractivity contribution is 5.95. The standard InChI is InChI=1S/C24H46N6O6/c1-13(2)11-18(29-20(31)15(5)26)23(34)27-16(6)21(32)28-17(9-7-8-10-25)22(33)30-19(24(35)36)12-14(3)4/h13-19H,7-12,25-26H2,1-6H3,(H,27,34)(H,28,32)(H,29,31)(H,30,33)(H,35,36)/t15-,16-,17-,18-,19-/m0/s1. The summed E-state index contributed by atoms with van der Waals surface area (Å²) in [6.07, 6.45) is 1.99. The van der Waals surface area contributed by atoms with Crippen LogP contribution in [-0.4, -0.2) is 71.5 Å². The molecule has 12 heteroatoms.